The van der Waals surface area contributed by atoms with Crippen molar-refractivity contribution in [2.45, 2.75) is 18.4 Å². The van der Waals surface area contributed by atoms with Crippen molar-refractivity contribution in [2.24, 2.45) is 5.73 Å². The number of rotatable bonds is 10. The third-order valence-corrected chi connectivity index (χ3v) is 3.83. The first-order chi connectivity index (χ1) is 11.6. The predicted molar refractivity (Wildman–Crippen MR) is 101 cm³/mol. The molecule has 0 amide bonds. The number of nitrogens with two attached hydrogens (primary N) is 1. The van der Waals surface area contributed by atoms with Crippen molar-refractivity contribution in [2.75, 3.05) is 26.4 Å². The third-order valence-electron chi connectivity index (χ3n) is 3.83. The van der Waals surface area contributed by atoms with Crippen LogP contribution in [0.1, 0.15) is 12.0 Å². The van der Waals surface area contributed by atoms with Crippen LogP contribution in [-0.4, -0.2) is 42.2 Å². The summed E-state index contributed by atoms with van der Waals surface area (Å²) in [5.41, 5.74) is 6.02. The fraction of sp³-hybridized carbons (Fsp3) is 0.368. The highest BCUT2D eigenvalue weighted by atomic mass is 35.5. The molecule has 2 aromatic carbocycles. The van der Waals surface area contributed by atoms with Gasteiger partial charge in [0.1, 0.15) is 24.7 Å². The number of hydrogen-bond acceptors (Lipinski definition) is 5. The highest BCUT2D eigenvalue weighted by Gasteiger charge is 2.22. The largest absolute Gasteiger partial charge is 0.490 e. The number of benzene rings is 2. The van der Waals surface area contributed by atoms with E-state index in [4.69, 9.17) is 15.2 Å². The monoisotopic (exact) mass is 367 g/mol. The van der Waals surface area contributed by atoms with Crippen LogP contribution in [0.3, 0.4) is 0 Å². The first-order valence-electron chi connectivity index (χ1n) is 8.05. The van der Waals surface area contributed by atoms with Crippen LogP contribution in [0.15, 0.2) is 54.6 Å². The summed E-state index contributed by atoms with van der Waals surface area (Å²) in [7, 11) is 0. The van der Waals surface area contributed by atoms with Gasteiger partial charge in [0.2, 0.25) is 0 Å². The second-order valence-electron chi connectivity index (χ2n) is 5.83. The Kier molecular flexibility index (Phi) is 9.31. The molecule has 0 atom stereocenters. The fourth-order valence-electron chi connectivity index (χ4n) is 2.19. The standard InChI is InChI=1S/C19H25NO4.ClH/c20-19(14-21,15-22)11-10-16-6-8-18(9-7-16)24-13-12-23-17-4-2-1-3-5-17;/h1-9,21-22H,10-15,20H2;1H. The Labute approximate surface area is 154 Å². The van der Waals surface area contributed by atoms with Crippen LogP contribution in [0.4, 0.5) is 0 Å². The zero-order chi connectivity index (χ0) is 17.3. The maximum absolute atomic E-state index is 9.19. The molecule has 4 N–H and O–H groups in total. The van der Waals surface area contributed by atoms with E-state index in [1.54, 1.807) is 0 Å². The molecule has 0 fully saturated rings. The number of aliphatic hydroxyl groups is 2. The average molecular weight is 368 g/mol. The van der Waals surface area contributed by atoms with Crippen LogP contribution < -0.4 is 15.2 Å². The summed E-state index contributed by atoms with van der Waals surface area (Å²) in [4.78, 5) is 0. The van der Waals surface area contributed by atoms with Crippen LogP contribution in [-0.2, 0) is 6.42 Å². The summed E-state index contributed by atoms with van der Waals surface area (Å²) >= 11 is 0. The van der Waals surface area contributed by atoms with E-state index >= 15 is 0 Å². The zero-order valence-electron chi connectivity index (χ0n) is 14.1. The van der Waals surface area contributed by atoms with Gasteiger partial charge in [0.15, 0.2) is 0 Å². The zero-order valence-corrected chi connectivity index (χ0v) is 15.0. The minimum absolute atomic E-state index is 0. The molecule has 0 aromatic heterocycles. The van der Waals surface area contributed by atoms with Gasteiger partial charge in [-0.05, 0) is 42.7 Å². The lowest BCUT2D eigenvalue weighted by Gasteiger charge is -2.24. The Morgan fingerprint density at radius 3 is 1.84 bits per heavy atom. The quantitative estimate of drug-likeness (QED) is 0.560. The summed E-state index contributed by atoms with van der Waals surface area (Å²) in [5.74, 6) is 1.60. The Morgan fingerprint density at radius 1 is 0.800 bits per heavy atom. The molecule has 138 valence electrons. The Balaban J connectivity index is 0.00000312. The van der Waals surface area contributed by atoms with Crippen molar-refractivity contribution in [1.82, 2.24) is 0 Å². The van der Waals surface area contributed by atoms with E-state index in [1.807, 2.05) is 54.6 Å². The summed E-state index contributed by atoms with van der Waals surface area (Å²) in [6.45, 7) is 0.488. The fourth-order valence-corrected chi connectivity index (χ4v) is 2.19. The number of ether oxygens (including phenoxy) is 2. The molecule has 2 aromatic rings. The van der Waals surface area contributed by atoms with Crippen molar-refractivity contribution < 1.29 is 19.7 Å². The molecule has 2 rings (SSSR count). The van der Waals surface area contributed by atoms with Crippen molar-refractivity contribution in [1.29, 1.82) is 0 Å². The van der Waals surface area contributed by atoms with Gasteiger partial charge in [-0.2, -0.15) is 0 Å². The smallest absolute Gasteiger partial charge is 0.122 e. The van der Waals surface area contributed by atoms with Gasteiger partial charge in [-0.3, -0.25) is 0 Å². The Hall–Kier alpha value is -1.79. The molecule has 6 heteroatoms. The summed E-state index contributed by atoms with van der Waals surface area (Å²) < 4.78 is 11.2. The predicted octanol–water partition coefficient (Wildman–Crippen LogP) is 2.18. The number of aliphatic hydroxyl groups excluding tert-OH is 2. The molecule has 0 unspecified atom stereocenters. The topological polar surface area (TPSA) is 84.9 Å². The Morgan fingerprint density at radius 2 is 1.32 bits per heavy atom. The van der Waals surface area contributed by atoms with E-state index in [0.29, 0.717) is 26.1 Å². The highest BCUT2D eigenvalue weighted by Crippen LogP contribution is 2.16. The average Bonchev–Trinajstić information content (AvgIpc) is 2.65. The van der Waals surface area contributed by atoms with Crippen LogP contribution >= 0.6 is 12.4 Å². The number of aryl methyl sites for hydroxylation is 1. The van der Waals surface area contributed by atoms with Gasteiger partial charge in [-0.15, -0.1) is 12.4 Å². The molecular formula is C19H26ClNO4. The minimum Gasteiger partial charge on any atom is -0.490 e. The van der Waals surface area contributed by atoms with Crippen molar-refractivity contribution >= 4 is 12.4 Å². The summed E-state index contributed by atoms with van der Waals surface area (Å²) in [5, 5.41) is 18.4. The van der Waals surface area contributed by atoms with Crippen molar-refractivity contribution in [3.8, 4) is 11.5 Å². The van der Waals surface area contributed by atoms with Gasteiger partial charge in [-0.25, -0.2) is 0 Å². The first-order valence-corrected chi connectivity index (χ1v) is 8.05. The molecule has 0 bridgehead atoms. The van der Waals surface area contributed by atoms with Gasteiger partial charge in [-0.1, -0.05) is 30.3 Å². The molecule has 0 aliphatic rings. The highest BCUT2D eigenvalue weighted by molar-refractivity contribution is 5.85. The van der Waals surface area contributed by atoms with E-state index in [-0.39, 0.29) is 25.6 Å². The second kappa shape index (κ2) is 10.9. The third kappa shape index (κ3) is 7.32. The SMILES string of the molecule is Cl.NC(CO)(CO)CCc1ccc(OCCOc2ccccc2)cc1. The lowest BCUT2D eigenvalue weighted by Crippen LogP contribution is -2.47. The van der Waals surface area contributed by atoms with Crippen LogP contribution in [0.25, 0.3) is 0 Å². The van der Waals surface area contributed by atoms with Gasteiger partial charge in [0.05, 0.1) is 18.8 Å². The molecule has 0 saturated heterocycles. The normalized spacial score (nSPS) is 10.8. The van der Waals surface area contributed by atoms with E-state index < -0.39 is 5.54 Å². The first kappa shape index (κ1) is 21.3. The van der Waals surface area contributed by atoms with E-state index in [0.717, 1.165) is 17.1 Å². The number of hydrogen-bond donors (Lipinski definition) is 3. The van der Waals surface area contributed by atoms with Gasteiger partial charge >= 0.3 is 0 Å². The lowest BCUT2D eigenvalue weighted by atomic mass is 9.94. The molecule has 5 nitrogen and oxygen atoms in total. The van der Waals surface area contributed by atoms with E-state index in [2.05, 4.69) is 0 Å². The molecule has 0 aliphatic heterocycles. The molecule has 0 heterocycles. The van der Waals surface area contributed by atoms with Gasteiger partial charge in [0.25, 0.3) is 0 Å². The maximum atomic E-state index is 9.19. The van der Waals surface area contributed by atoms with E-state index in [9.17, 15) is 10.2 Å². The molecule has 0 radical (unpaired) electrons. The van der Waals surface area contributed by atoms with E-state index in [1.165, 1.54) is 0 Å². The van der Waals surface area contributed by atoms with Crippen molar-refractivity contribution in [3.05, 3.63) is 60.2 Å². The number of halogens is 1. The summed E-state index contributed by atoms with van der Waals surface area (Å²) in [6.07, 6.45) is 1.21. The molecular weight excluding hydrogens is 342 g/mol. The summed E-state index contributed by atoms with van der Waals surface area (Å²) in [6, 6.07) is 17.3. The minimum atomic E-state index is -0.927. The Bertz CT molecular complexity index is 588. The molecule has 0 spiro atoms. The van der Waals surface area contributed by atoms with Crippen LogP contribution in [0.2, 0.25) is 0 Å². The second-order valence-corrected chi connectivity index (χ2v) is 5.83. The number of para-hydroxylation sites is 1. The lowest BCUT2D eigenvalue weighted by molar-refractivity contribution is 0.115. The van der Waals surface area contributed by atoms with Crippen molar-refractivity contribution in [3.63, 3.8) is 0 Å². The van der Waals surface area contributed by atoms with Gasteiger partial charge < -0.3 is 25.4 Å². The van der Waals surface area contributed by atoms with Crippen LogP contribution in [0.5, 0.6) is 11.5 Å². The molecule has 25 heavy (non-hydrogen) atoms. The molecule has 0 aliphatic carbocycles. The maximum Gasteiger partial charge on any atom is 0.122 e. The molecule has 0 saturated carbocycles. The van der Waals surface area contributed by atoms with Gasteiger partial charge in [0, 0.05) is 0 Å². The van der Waals surface area contributed by atoms with Crippen LogP contribution in [0, 0.1) is 0 Å².